The maximum atomic E-state index is 11.7. The zero-order valence-electron chi connectivity index (χ0n) is 10.0. The van der Waals surface area contributed by atoms with Gasteiger partial charge in [0, 0.05) is 19.9 Å². The van der Waals surface area contributed by atoms with E-state index < -0.39 is 22.7 Å². The zero-order chi connectivity index (χ0) is 14.2. The third-order valence-corrected chi connectivity index (χ3v) is 2.65. The summed E-state index contributed by atoms with van der Waals surface area (Å²) in [6, 6.07) is 0. The summed E-state index contributed by atoms with van der Waals surface area (Å²) in [6.45, 7) is 0. The van der Waals surface area contributed by atoms with E-state index in [9.17, 15) is 19.2 Å². The van der Waals surface area contributed by atoms with Gasteiger partial charge in [-0.3, -0.25) is 23.9 Å². The molecule has 2 aromatic heterocycles. The van der Waals surface area contributed by atoms with Gasteiger partial charge in [-0.25, -0.2) is 9.78 Å². The summed E-state index contributed by atoms with van der Waals surface area (Å²) in [5, 5.41) is 0. The SMILES string of the molecule is Cn1c(=O)[nH]c(=O)c2nc(CCC(N)=O)c(=O)[nH]c21. The van der Waals surface area contributed by atoms with Crippen molar-refractivity contribution >= 4 is 17.1 Å². The second kappa shape index (κ2) is 4.52. The number of nitrogens with one attached hydrogen (secondary N) is 2. The van der Waals surface area contributed by atoms with Gasteiger partial charge in [-0.15, -0.1) is 0 Å². The van der Waals surface area contributed by atoms with Crippen molar-refractivity contribution in [1.29, 1.82) is 0 Å². The number of aromatic amines is 2. The molecular formula is C10H11N5O4. The van der Waals surface area contributed by atoms with Crippen LogP contribution in [-0.2, 0) is 18.3 Å². The number of hydrogen-bond donors (Lipinski definition) is 3. The van der Waals surface area contributed by atoms with E-state index in [1.165, 1.54) is 7.05 Å². The van der Waals surface area contributed by atoms with E-state index in [0.29, 0.717) is 0 Å². The van der Waals surface area contributed by atoms with Gasteiger partial charge in [-0.2, -0.15) is 0 Å². The number of fused-ring (bicyclic) bond motifs is 1. The summed E-state index contributed by atoms with van der Waals surface area (Å²) in [5.41, 5.74) is 3.06. The van der Waals surface area contributed by atoms with Crippen molar-refractivity contribution in [2.24, 2.45) is 12.8 Å². The maximum absolute atomic E-state index is 11.7. The number of rotatable bonds is 3. The second-order valence-corrected chi connectivity index (χ2v) is 3.99. The highest BCUT2D eigenvalue weighted by molar-refractivity contribution is 5.74. The van der Waals surface area contributed by atoms with Crippen LogP contribution in [0.4, 0.5) is 0 Å². The Morgan fingerprint density at radius 3 is 2.58 bits per heavy atom. The molecule has 0 saturated heterocycles. The van der Waals surface area contributed by atoms with Crippen LogP contribution in [0.2, 0.25) is 0 Å². The minimum absolute atomic E-state index is 0.0236. The van der Waals surface area contributed by atoms with Gasteiger partial charge in [-0.05, 0) is 0 Å². The van der Waals surface area contributed by atoms with E-state index >= 15 is 0 Å². The monoisotopic (exact) mass is 265 g/mol. The molecular weight excluding hydrogens is 254 g/mol. The molecule has 0 saturated carbocycles. The van der Waals surface area contributed by atoms with Crippen LogP contribution >= 0.6 is 0 Å². The van der Waals surface area contributed by atoms with Gasteiger partial charge in [0.2, 0.25) is 5.91 Å². The van der Waals surface area contributed by atoms with Gasteiger partial charge in [0.1, 0.15) is 11.3 Å². The van der Waals surface area contributed by atoms with Crippen molar-refractivity contribution in [3.05, 3.63) is 36.9 Å². The lowest BCUT2D eigenvalue weighted by Gasteiger charge is -2.04. The quantitative estimate of drug-likeness (QED) is 0.573. The number of H-pyrrole nitrogens is 2. The van der Waals surface area contributed by atoms with Gasteiger partial charge < -0.3 is 10.7 Å². The molecule has 2 heterocycles. The first-order valence-electron chi connectivity index (χ1n) is 5.40. The Hall–Kier alpha value is -2.71. The minimum atomic E-state index is -0.699. The van der Waals surface area contributed by atoms with Gasteiger partial charge in [0.05, 0.1) is 0 Å². The van der Waals surface area contributed by atoms with Gasteiger partial charge >= 0.3 is 5.69 Å². The molecule has 0 spiro atoms. The summed E-state index contributed by atoms with van der Waals surface area (Å²) in [7, 11) is 1.39. The normalized spacial score (nSPS) is 10.8. The molecule has 0 aliphatic carbocycles. The molecule has 100 valence electrons. The number of hydrogen-bond acceptors (Lipinski definition) is 5. The molecule has 0 atom stereocenters. The molecule has 4 N–H and O–H groups in total. The number of aromatic nitrogens is 4. The van der Waals surface area contributed by atoms with Crippen molar-refractivity contribution in [3.8, 4) is 0 Å². The lowest BCUT2D eigenvalue weighted by Crippen LogP contribution is -2.32. The van der Waals surface area contributed by atoms with E-state index in [2.05, 4.69) is 15.0 Å². The third kappa shape index (κ3) is 2.30. The Bertz CT molecular complexity index is 828. The van der Waals surface area contributed by atoms with Crippen molar-refractivity contribution < 1.29 is 4.79 Å². The number of nitrogens with zero attached hydrogens (tertiary/aromatic N) is 2. The molecule has 0 aliphatic rings. The van der Waals surface area contributed by atoms with Crippen LogP contribution in [-0.4, -0.2) is 25.4 Å². The number of primary amides is 1. The number of carbonyl (C=O) groups excluding carboxylic acids is 1. The highest BCUT2D eigenvalue weighted by atomic mass is 16.2. The Labute approximate surface area is 105 Å². The fourth-order valence-corrected chi connectivity index (χ4v) is 1.63. The Kier molecular flexibility index (Phi) is 3.03. The molecule has 1 amide bonds. The summed E-state index contributed by atoms with van der Waals surface area (Å²) in [6.07, 6.45) is -0.0197. The molecule has 2 rings (SSSR count). The highest BCUT2D eigenvalue weighted by Gasteiger charge is 2.11. The van der Waals surface area contributed by atoms with Crippen LogP contribution in [0, 0.1) is 0 Å². The topological polar surface area (TPSA) is 144 Å². The van der Waals surface area contributed by atoms with Crippen LogP contribution in [0.1, 0.15) is 12.1 Å². The van der Waals surface area contributed by atoms with Gasteiger partial charge in [0.15, 0.2) is 5.52 Å². The van der Waals surface area contributed by atoms with E-state index in [1.54, 1.807) is 0 Å². The molecule has 2 aromatic rings. The van der Waals surface area contributed by atoms with Gasteiger partial charge in [-0.1, -0.05) is 0 Å². The average Bonchev–Trinajstić information content (AvgIpc) is 2.34. The number of carbonyl (C=O) groups is 1. The summed E-state index contributed by atoms with van der Waals surface area (Å²) >= 11 is 0. The number of aryl methyl sites for hydroxylation is 2. The minimum Gasteiger partial charge on any atom is -0.370 e. The highest BCUT2D eigenvalue weighted by Crippen LogP contribution is 1.99. The van der Waals surface area contributed by atoms with Crippen LogP contribution in [0.25, 0.3) is 11.2 Å². The van der Waals surface area contributed by atoms with Crippen LogP contribution in [0.5, 0.6) is 0 Å². The first kappa shape index (κ1) is 12.7. The smallest absolute Gasteiger partial charge is 0.329 e. The molecule has 19 heavy (non-hydrogen) atoms. The molecule has 0 bridgehead atoms. The van der Waals surface area contributed by atoms with Crippen LogP contribution < -0.4 is 22.5 Å². The van der Waals surface area contributed by atoms with Crippen molar-refractivity contribution in [2.75, 3.05) is 0 Å². The van der Waals surface area contributed by atoms with Crippen LogP contribution in [0.15, 0.2) is 14.4 Å². The fourth-order valence-electron chi connectivity index (χ4n) is 1.63. The molecule has 0 aromatic carbocycles. The summed E-state index contributed by atoms with van der Waals surface area (Å²) in [4.78, 5) is 53.7. The summed E-state index contributed by atoms with van der Waals surface area (Å²) in [5.74, 6) is -0.573. The number of nitrogens with two attached hydrogens (primary N) is 1. The standard InChI is InChI=1S/C10H11N5O4/c1-15-7-6(9(18)14-10(15)19)12-4(8(17)13-7)2-3-5(11)16/h2-3H2,1H3,(H2,11,16)(H,13,17)(H,14,18,19). The first-order chi connectivity index (χ1) is 8.90. The third-order valence-electron chi connectivity index (χ3n) is 2.65. The maximum Gasteiger partial charge on any atom is 0.329 e. The predicted octanol–water partition coefficient (Wildman–Crippen LogP) is -2.27. The zero-order valence-corrected chi connectivity index (χ0v) is 10.0. The van der Waals surface area contributed by atoms with E-state index in [1.807, 2.05) is 0 Å². The number of amides is 1. The fraction of sp³-hybridized carbons (Fsp3) is 0.300. The Balaban J connectivity index is 2.70. The lowest BCUT2D eigenvalue weighted by atomic mass is 10.2. The predicted molar refractivity (Wildman–Crippen MR) is 65.7 cm³/mol. The molecule has 0 aliphatic heterocycles. The first-order valence-corrected chi connectivity index (χ1v) is 5.40. The summed E-state index contributed by atoms with van der Waals surface area (Å²) < 4.78 is 1.07. The Morgan fingerprint density at radius 1 is 1.26 bits per heavy atom. The van der Waals surface area contributed by atoms with Crippen molar-refractivity contribution in [1.82, 2.24) is 19.5 Å². The molecule has 0 fully saturated rings. The second-order valence-electron chi connectivity index (χ2n) is 3.99. The average molecular weight is 265 g/mol. The molecule has 9 heteroatoms. The van der Waals surface area contributed by atoms with Gasteiger partial charge in [0.25, 0.3) is 11.1 Å². The Morgan fingerprint density at radius 2 is 1.95 bits per heavy atom. The van der Waals surface area contributed by atoms with E-state index in [-0.39, 0.29) is 29.7 Å². The van der Waals surface area contributed by atoms with E-state index in [0.717, 1.165) is 4.57 Å². The largest absolute Gasteiger partial charge is 0.370 e. The molecule has 0 unspecified atom stereocenters. The molecule has 0 radical (unpaired) electrons. The van der Waals surface area contributed by atoms with Crippen molar-refractivity contribution in [3.63, 3.8) is 0 Å². The van der Waals surface area contributed by atoms with E-state index in [4.69, 9.17) is 5.73 Å². The lowest BCUT2D eigenvalue weighted by molar-refractivity contribution is -0.118. The van der Waals surface area contributed by atoms with Crippen LogP contribution in [0.3, 0.4) is 0 Å². The van der Waals surface area contributed by atoms with Crippen molar-refractivity contribution in [2.45, 2.75) is 12.8 Å². The molecule has 9 nitrogen and oxygen atoms in total.